The summed E-state index contributed by atoms with van der Waals surface area (Å²) in [6.45, 7) is 6.05. The first kappa shape index (κ1) is 23.6. The minimum Gasteiger partial charge on any atom is -0.406 e. The molecule has 9 heteroatoms. The average molecular weight is 471 g/mol. The van der Waals surface area contributed by atoms with E-state index >= 15 is 0 Å². The van der Waals surface area contributed by atoms with E-state index < -0.39 is 12.3 Å². The predicted molar refractivity (Wildman–Crippen MR) is 121 cm³/mol. The van der Waals surface area contributed by atoms with Gasteiger partial charge < -0.3 is 14.4 Å². The Kier molecular flexibility index (Phi) is 6.47. The second kappa shape index (κ2) is 9.34. The van der Waals surface area contributed by atoms with Crippen molar-refractivity contribution >= 4 is 11.7 Å². The molecule has 3 aromatic rings. The second-order valence-electron chi connectivity index (χ2n) is 8.65. The number of anilines is 1. The predicted octanol–water partition coefficient (Wildman–Crippen LogP) is 5.26. The van der Waals surface area contributed by atoms with Crippen LogP contribution in [0.3, 0.4) is 0 Å². The van der Waals surface area contributed by atoms with Crippen molar-refractivity contribution in [2.75, 3.05) is 18.1 Å². The molecule has 0 bridgehead atoms. The van der Waals surface area contributed by atoms with Crippen molar-refractivity contribution < 1.29 is 27.4 Å². The lowest BCUT2D eigenvalue weighted by Crippen LogP contribution is -2.39. The van der Waals surface area contributed by atoms with Crippen molar-refractivity contribution in [2.45, 2.75) is 32.3 Å². The van der Waals surface area contributed by atoms with Gasteiger partial charge in [0.25, 0.3) is 0 Å². The lowest BCUT2D eigenvalue weighted by atomic mass is 10.0. The molecule has 2 aromatic carbocycles. The van der Waals surface area contributed by atoms with Gasteiger partial charge in [0.2, 0.25) is 5.88 Å². The summed E-state index contributed by atoms with van der Waals surface area (Å²) < 4.78 is 46.6. The molecule has 1 fully saturated rings. The first-order valence-corrected chi connectivity index (χ1v) is 10.7. The average Bonchev–Trinajstić information content (AvgIpc) is 3.08. The Morgan fingerprint density at radius 3 is 2.44 bits per heavy atom. The topological polar surface area (TPSA) is 54.9 Å². The quantitative estimate of drug-likeness (QED) is 0.458. The number of carbonyl (C=O) groups is 1. The van der Waals surface area contributed by atoms with Gasteiger partial charge in [-0.15, -0.1) is 13.2 Å². The van der Waals surface area contributed by atoms with Gasteiger partial charge in [-0.3, -0.25) is 4.90 Å². The third-order valence-electron chi connectivity index (χ3n) is 5.59. The standard InChI is InChI=1S/C25H24F3N3O3/c1-24(2)16-30(20-8-10-21(11-9-20)34-25(26,27)28)17-31(24)15-18-12-13-29-22(14-18)33-23(32)19-6-4-3-5-7-19/h3-14H,15-17H2,1-2H3. The number of rotatable bonds is 6. The van der Waals surface area contributed by atoms with Crippen LogP contribution in [0.2, 0.25) is 0 Å². The summed E-state index contributed by atoms with van der Waals surface area (Å²) in [6.07, 6.45) is -3.12. The third kappa shape index (κ3) is 5.85. The van der Waals surface area contributed by atoms with Crippen molar-refractivity contribution in [1.82, 2.24) is 9.88 Å². The van der Waals surface area contributed by atoms with Crippen LogP contribution >= 0.6 is 0 Å². The molecule has 6 nitrogen and oxygen atoms in total. The van der Waals surface area contributed by atoms with Crippen molar-refractivity contribution in [3.63, 3.8) is 0 Å². The van der Waals surface area contributed by atoms with E-state index in [0.29, 0.717) is 25.3 Å². The number of ether oxygens (including phenoxy) is 2. The van der Waals surface area contributed by atoms with Crippen molar-refractivity contribution in [3.05, 3.63) is 84.1 Å². The summed E-state index contributed by atoms with van der Waals surface area (Å²) in [7, 11) is 0. The Bertz CT molecular complexity index is 1140. The molecule has 2 heterocycles. The number of halogens is 3. The first-order valence-electron chi connectivity index (χ1n) is 10.7. The summed E-state index contributed by atoms with van der Waals surface area (Å²) in [6, 6.07) is 18.2. The maximum absolute atomic E-state index is 12.4. The molecule has 1 saturated heterocycles. The lowest BCUT2D eigenvalue weighted by molar-refractivity contribution is -0.274. The van der Waals surface area contributed by atoms with Crippen LogP contribution in [-0.2, 0) is 6.54 Å². The smallest absolute Gasteiger partial charge is 0.406 e. The van der Waals surface area contributed by atoms with Gasteiger partial charge in [0.05, 0.1) is 12.2 Å². The number of esters is 1. The Morgan fingerprint density at radius 1 is 1.06 bits per heavy atom. The van der Waals surface area contributed by atoms with E-state index in [-0.39, 0.29) is 17.2 Å². The Labute approximate surface area is 195 Å². The Morgan fingerprint density at radius 2 is 1.76 bits per heavy atom. The van der Waals surface area contributed by atoms with E-state index in [1.54, 1.807) is 48.7 Å². The highest BCUT2D eigenvalue weighted by atomic mass is 19.4. The van der Waals surface area contributed by atoms with Gasteiger partial charge in [-0.05, 0) is 61.9 Å². The zero-order valence-corrected chi connectivity index (χ0v) is 18.7. The fraction of sp³-hybridized carbons (Fsp3) is 0.280. The Balaban J connectivity index is 1.42. The molecule has 0 spiro atoms. The van der Waals surface area contributed by atoms with E-state index in [9.17, 15) is 18.0 Å². The number of carbonyl (C=O) groups excluding carboxylic acids is 1. The van der Waals surface area contributed by atoms with Crippen molar-refractivity contribution in [3.8, 4) is 11.6 Å². The zero-order chi connectivity index (χ0) is 24.3. The number of hydrogen-bond donors (Lipinski definition) is 0. The van der Waals surface area contributed by atoms with Gasteiger partial charge in [0.15, 0.2) is 0 Å². The molecular formula is C25H24F3N3O3. The molecule has 0 N–H and O–H groups in total. The van der Waals surface area contributed by atoms with Crippen LogP contribution in [0.15, 0.2) is 72.9 Å². The first-order chi connectivity index (χ1) is 16.1. The van der Waals surface area contributed by atoms with E-state index in [1.807, 2.05) is 12.1 Å². The van der Waals surface area contributed by atoms with Crippen LogP contribution in [0.1, 0.15) is 29.8 Å². The molecule has 1 aliphatic rings. The maximum atomic E-state index is 12.4. The molecule has 0 amide bonds. The van der Waals surface area contributed by atoms with Crippen molar-refractivity contribution in [1.29, 1.82) is 0 Å². The number of hydrogen-bond acceptors (Lipinski definition) is 6. The van der Waals surface area contributed by atoms with Crippen LogP contribution in [0.5, 0.6) is 11.6 Å². The summed E-state index contributed by atoms with van der Waals surface area (Å²) in [5.41, 5.74) is 1.97. The van der Waals surface area contributed by atoms with Crippen LogP contribution in [0, 0.1) is 0 Å². The summed E-state index contributed by atoms with van der Waals surface area (Å²) in [4.78, 5) is 20.8. The van der Waals surface area contributed by atoms with Gasteiger partial charge in [-0.1, -0.05) is 18.2 Å². The van der Waals surface area contributed by atoms with Crippen LogP contribution in [0.25, 0.3) is 0 Å². The molecule has 0 atom stereocenters. The molecular weight excluding hydrogens is 447 g/mol. The molecule has 1 aromatic heterocycles. The highest BCUT2D eigenvalue weighted by molar-refractivity contribution is 5.90. The van der Waals surface area contributed by atoms with E-state index in [4.69, 9.17) is 4.74 Å². The maximum Gasteiger partial charge on any atom is 0.573 e. The van der Waals surface area contributed by atoms with Crippen molar-refractivity contribution in [2.24, 2.45) is 0 Å². The van der Waals surface area contributed by atoms with Crippen LogP contribution in [0.4, 0.5) is 18.9 Å². The third-order valence-corrected chi connectivity index (χ3v) is 5.59. The molecule has 34 heavy (non-hydrogen) atoms. The fourth-order valence-electron chi connectivity index (χ4n) is 3.86. The highest BCUT2D eigenvalue weighted by Gasteiger charge is 2.37. The fourth-order valence-corrected chi connectivity index (χ4v) is 3.86. The number of pyridine rings is 1. The largest absolute Gasteiger partial charge is 0.573 e. The number of alkyl halides is 3. The molecule has 0 saturated carbocycles. The normalized spacial score (nSPS) is 15.9. The van der Waals surface area contributed by atoms with Gasteiger partial charge >= 0.3 is 12.3 Å². The van der Waals surface area contributed by atoms with Crippen LogP contribution < -0.4 is 14.4 Å². The molecule has 0 radical (unpaired) electrons. The highest BCUT2D eigenvalue weighted by Crippen LogP contribution is 2.32. The van der Waals surface area contributed by atoms with Crippen LogP contribution in [-0.4, -0.2) is 41.0 Å². The molecule has 0 unspecified atom stereocenters. The van der Waals surface area contributed by atoms with Gasteiger partial charge in [0, 0.05) is 36.6 Å². The summed E-state index contributed by atoms with van der Waals surface area (Å²) in [5, 5.41) is 0. The molecule has 178 valence electrons. The minimum absolute atomic E-state index is 0.203. The number of nitrogens with zero attached hydrogens (tertiary/aromatic N) is 3. The zero-order valence-electron chi connectivity index (χ0n) is 18.7. The van der Waals surface area contributed by atoms with Gasteiger partial charge in [-0.2, -0.15) is 0 Å². The number of benzene rings is 2. The minimum atomic E-state index is -4.72. The van der Waals surface area contributed by atoms with E-state index in [0.717, 1.165) is 11.3 Å². The van der Waals surface area contributed by atoms with E-state index in [2.05, 4.69) is 33.4 Å². The monoisotopic (exact) mass is 471 g/mol. The lowest BCUT2D eigenvalue weighted by Gasteiger charge is -2.29. The molecule has 4 rings (SSSR count). The second-order valence-corrected chi connectivity index (χ2v) is 8.65. The molecule has 1 aliphatic heterocycles. The summed E-state index contributed by atoms with van der Waals surface area (Å²) >= 11 is 0. The van der Waals surface area contributed by atoms with Gasteiger partial charge in [0.1, 0.15) is 5.75 Å². The summed E-state index contributed by atoms with van der Waals surface area (Å²) in [5.74, 6) is -0.503. The SMILES string of the molecule is CC1(C)CN(c2ccc(OC(F)(F)F)cc2)CN1Cc1ccnc(OC(=O)c2ccccc2)c1. The number of aromatic nitrogens is 1. The van der Waals surface area contributed by atoms with E-state index in [1.165, 1.54) is 12.1 Å². The Hall–Kier alpha value is -3.59. The molecule has 0 aliphatic carbocycles. The van der Waals surface area contributed by atoms with Gasteiger partial charge in [-0.25, -0.2) is 9.78 Å².